The van der Waals surface area contributed by atoms with Gasteiger partial charge in [-0.2, -0.15) is 0 Å². The summed E-state index contributed by atoms with van der Waals surface area (Å²) in [5.41, 5.74) is 2.71. The molecule has 0 unspecified atom stereocenters. The van der Waals surface area contributed by atoms with Gasteiger partial charge in [-0.05, 0) is 49.6 Å². The number of carbonyl (C=O) groups is 1. The SMILES string of the molecule is CCOc1cccn2c(C(=O)NCCc3ccc(S(N)(=O)=O)cc3)c(CC)nc12. The molecule has 9 heteroatoms. The number of primary sulfonamides is 1. The molecule has 0 aliphatic heterocycles. The van der Waals surface area contributed by atoms with Crippen molar-refractivity contribution >= 4 is 21.6 Å². The number of ether oxygens (including phenoxy) is 1. The minimum atomic E-state index is -3.71. The molecule has 0 spiro atoms. The maximum Gasteiger partial charge on any atom is 0.270 e. The number of nitrogens with one attached hydrogen (secondary N) is 1. The third-order valence-electron chi connectivity index (χ3n) is 4.49. The fourth-order valence-corrected chi connectivity index (χ4v) is 3.61. The average Bonchev–Trinajstić information content (AvgIpc) is 3.07. The maximum atomic E-state index is 12.8. The van der Waals surface area contributed by atoms with E-state index >= 15 is 0 Å². The fourth-order valence-electron chi connectivity index (χ4n) is 3.09. The lowest BCUT2D eigenvalue weighted by Crippen LogP contribution is -2.27. The molecule has 1 amide bonds. The number of nitrogens with zero attached hydrogens (tertiary/aromatic N) is 2. The molecule has 0 bridgehead atoms. The Hall–Kier alpha value is -2.91. The maximum absolute atomic E-state index is 12.8. The Morgan fingerprint density at radius 2 is 1.93 bits per heavy atom. The van der Waals surface area contributed by atoms with E-state index in [-0.39, 0.29) is 10.8 Å². The van der Waals surface area contributed by atoms with Crippen molar-refractivity contribution in [2.75, 3.05) is 13.2 Å². The molecule has 0 radical (unpaired) electrons. The second-order valence-corrected chi connectivity index (χ2v) is 8.02. The molecule has 2 aromatic heterocycles. The average molecular weight is 417 g/mol. The van der Waals surface area contributed by atoms with Crippen LogP contribution in [0.2, 0.25) is 0 Å². The monoisotopic (exact) mass is 416 g/mol. The second-order valence-electron chi connectivity index (χ2n) is 6.45. The summed E-state index contributed by atoms with van der Waals surface area (Å²) in [6, 6.07) is 9.95. The Kier molecular flexibility index (Phi) is 6.19. The summed E-state index contributed by atoms with van der Waals surface area (Å²) in [6.07, 6.45) is 2.97. The van der Waals surface area contributed by atoms with E-state index in [4.69, 9.17) is 9.88 Å². The fraction of sp³-hybridized carbons (Fsp3) is 0.300. The highest BCUT2D eigenvalue weighted by Gasteiger charge is 2.20. The summed E-state index contributed by atoms with van der Waals surface area (Å²) in [6.45, 7) is 4.76. The lowest BCUT2D eigenvalue weighted by Gasteiger charge is -2.08. The van der Waals surface area contributed by atoms with Gasteiger partial charge in [0.05, 0.1) is 17.2 Å². The Balaban J connectivity index is 1.74. The number of nitrogens with two attached hydrogens (primary N) is 1. The molecule has 2 heterocycles. The number of sulfonamides is 1. The molecule has 3 N–H and O–H groups in total. The van der Waals surface area contributed by atoms with Gasteiger partial charge >= 0.3 is 0 Å². The number of rotatable bonds is 8. The molecule has 0 saturated heterocycles. The van der Waals surface area contributed by atoms with Gasteiger partial charge in [0.25, 0.3) is 5.91 Å². The molecule has 0 saturated carbocycles. The van der Waals surface area contributed by atoms with Crippen LogP contribution in [0.5, 0.6) is 5.75 Å². The molecule has 8 nitrogen and oxygen atoms in total. The number of aromatic nitrogens is 2. The quantitative estimate of drug-likeness (QED) is 0.582. The Bertz CT molecular complexity index is 1120. The van der Waals surface area contributed by atoms with Crippen LogP contribution in [-0.2, 0) is 22.9 Å². The van der Waals surface area contributed by atoms with Crippen LogP contribution >= 0.6 is 0 Å². The van der Waals surface area contributed by atoms with Crippen molar-refractivity contribution in [1.82, 2.24) is 14.7 Å². The van der Waals surface area contributed by atoms with E-state index in [0.717, 1.165) is 5.56 Å². The van der Waals surface area contributed by atoms with Gasteiger partial charge in [0.1, 0.15) is 5.69 Å². The molecular formula is C20H24N4O4S. The van der Waals surface area contributed by atoms with E-state index in [9.17, 15) is 13.2 Å². The summed E-state index contributed by atoms with van der Waals surface area (Å²) in [5, 5.41) is 8.01. The lowest BCUT2D eigenvalue weighted by atomic mass is 10.1. The number of pyridine rings is 1. The van der Waals surface area contributed by atoms with Crippen molar-refractivity contribution in [3.8, 4) is 5.75 Å². The number of benzene rings is 1. The molecule has 3 aromatic rings. The third kappa shape index (κ3) is 4.57. The highest BCUT2D eigenvalue weighted by Crippen LogP contribution is 2.22. The van der Waals surface area contributed by atoms with Crippen LogP contribution in [0.15, 0.2) is 47.5 Å². The van der Waals surface area contributed by atoms with Crippen molar-refractivity contribution in [1.29, 1.82) is 0 Å². The van der Waals surface area contributed by atoms with Gasteiger partial charge in [0.2, 0.25) is 10.0 Å². The van der Waals surface area contributed by atoms with E-state index < -0.39 is 10.0 Å². The van der Waals surface area contributed by atoms with Gasteiger partial charge in [-0.1, -0.05) is 19.1 Å². The van der Waals surface area contributed by atoms with Crippen LogP contribution in [0.25, 0.3) is 5.65 Å². The minimum Gasteiger partial charge on any atom is -0.490 e. The summed E-state index contributed by atoms with van der Waals surface area (Å²) >= 11 is 0. The zero-order valence-corrected chi connectivity index (χ0v) is 17.2. The molecule has 0 fully saturated rings. The predicted octanol–water partition coefficient (Wildman–Crippen LogP) is 1.92. The molecule has 0 aliphatic rings. The van der Waals surface area contributed by atoms with Crippen LogP contribution in [0.4, 0.5) is 0 Å². The van der Waals surface area contributed by atoms with Gasteiger partial charge in [-0.25, -0.2) is 18.5 Å². The smallest absolute Gasteiger partial charge is 0.270 e. The molecule has 1 aromatic carbocycles. The number of hydrogen-bond donors (Lipinski definition) is 2. The summed E-state index contributed by atoms with van der Waals surface area (Å²) in [4.78, 5) is 17.5. The third-order valence-corrected chi connectivity index (χ3v) is 5.42. The van der Waals surface area contributed by atoms with Crippen LogP contribution in [0, 0.1) is 0 Å². The van der Waals surface area contributed by atoms with Gasteiger partial charge in [0, 0.05) is 12.7 Å². The topological polar surface area (TPSA) is 116 Å². The molecule has 0 atom stereocenters. The zero-order chi connectivity index (χ0) is 21.0. The van der Waals surface area contributed by atoms with Crippen LogP contribution in [0.3, 0.4) is 0 Å². The molecule has 154 valence electrons. The molecule has 0 aliphatic carbocycles. The number of carbonyl (C=O) groups excluding carboxylic acids is 1. The van der Waals surface area contributed by atoms with Gasteiger partial charge in [-0.15, -0.1) is 0 Å². The number of hydrogen-bond acceptors (Lipinski definition) is 5. The Morgan fingerprint density at radius 1 is 1.21 bits per heavy atom. The van der Waals surface area contributed by atoms with E-state index in [1.807, 2.05) is 26.0 Å². The van der Waals surface area contributed by atoms with Crippen LogP contribution in [0.1, 0.15) is 35.6 Å². The standard InChI is InChI=1S/C20H24N4O4S/c1-3-16-18(24-13-5-6-17(28-4-2)19(24)23-16)20(25)22-12-11-14-7-9-15(10-8-14)29(21,26)27/h5-10,13H,3-4,11-12H2,1-2H3,(H,22,25)(H2,21,26,27). The number of fused-ring (bicyclic) bond motifs is 1. The first-order valence-corrected chi connectivity index (χ1v) is 10.9. The van der Waals surface area contributed by atoms with Gasteiger partial charge in [0.15, 0.2) is 11.4 Å². The van der Waals surface area contributed by atoms with Crippen molar-refractivity contribution < 1.29 is 17.9 Å². The van der Waals surface area contributed by atoms with E-state index in [1.165, 1.54) is 12.1 Å². The first-order chi connectivity index (χ1) is 13.8. The lowest BCUT2D eigenvalue weighted by molar-refractivity contribution is 0.0947. The number of imidazole rings is 1. The summed E-state index contributed by atoms with van der Waals surface area (Å²) < 4.78 is 30.0. The van der Waals surface area contributed by atoms with Gasteiger partial charge in [-0.3, -0.25) is 9.20 Å². The van der Waals surface area contributed by atoms with Crippen molar-refractivity contribution in [3.63, 3.8) is 0 Å². The minimum absolute atomic E-state index is 0.0636. The van der Waals surface area contributed by atoms with Crippen molar-refractivity contribution in [2.24, 2.45) is 5.14 Å². The number of aryl methyl sites for hydroxylation is 1. The summed E-state index contributed by atoms with van der Waals surface area (Å²) in [7, 11) is -3.71. The molecule has 29 heavy (non-hydrogen) atoms. The van der Waals surface area contributed by atoms with E-state index in [0.29, 0.717) is 48.8 Å². The van der Waals surface area contributed by atoms with Gasteiger partial charge < -0.3 is 10.1 Å². The largest absolute Gasteiger partial charge is 0.490 e. The van der Waals surface area contributed by atoms with Crippen LogP contribution < -0.4 is 15.2 Å². The van der Waals surface area contributed by atoms with Crippen molar-refractivity contribution in [3.05, 3.63) is 59.5 Å². The number of amides is 1. The predicted molar refractivity (Wildman–Crippen MR) is 110 cm³/mol. The first kappa shape index (κ1) is 20.8. The highest BCUT2D eigenvalue weighted by atomic mass is 32.2. The Labute approximate surface area is 169 Å². The summed E-state index contributed by atoms with van der Waals surface area (Å²) in [5.74, 6) is 0.419. The highest BCUT2D eigenvalue weighted by molar-refractivity contribution is 7.89. The molecule has 3 rings (SSSR count). The van der Waals surface area contributed by atoms with E-state index in [1.54, 1.807) is 22.7 Å². The van der Waals surface area contributed by atoms with E-state index in [2.05, 4.69) is 10.3 Å². The normalized spacial score (nSPS) is 11.6. The molecular weight excluding hydrogens is 392 g/mol. The second kappa shape index (κ2) is 8.62. The van der Waals surface area contributed by atoms with Crippen molar-refractivity contribution in [2.45, 2.75) is 31.6 Å². The Morgan fingerprint density at radius 3 is 2.55 bits per heavy atom. The first-order valence-electron chi connectivity index (χ1n) is 9.37. The zero-order valence-electron chi connectivity index (χ0n) is 16.4. The van der Waals surface area contributed by atoms with Crippen LogP contribution in [-0.4, -0.2) is 36.9 Å².